The van der Waals surface area contributed by atoms with Gasteiger partial charge in [-0.25, -0.2) is 15.0 Å². The number of benzene rings is 1. The van der Waals surface area contributed by atoms with Crippen LogP contribution in [0.1, 0.15) is 5.56 Å². The molecule has 0 radical (unpaired) electrons. The molecule has 0 saturated heterocycles. The van der Waals surface area contributed by atoms with Crippen molar-refractivity contribution in [3.05, 3.63) is 48.3 Å². The zero-order valence-corrected chi connectivity index (χ0v) is 9.96. The molecule has 0 aliphatic heterocycles. The van der Waals surface area contributed by atoms with E-state index in [1.165, 1.54) is 5.56 Å². The molecule has 0 aliphatic carbocycles. The van der Waals surface area contributed by atoms with Gasteiger partial charge in [-0.05, 0) is 30.7 Å². The summed E-state index contributed by atoms with van der Waals surface area (Å²) in [5.74, 6) is 1.16. The van der Waals surface area contributed by atoms with Crippen LogP contribution in [-0.4, -0.2) is 15.0 Å². The minimum atomic E-state index is 0.496. The summed E-state index contributed by atoms with van der Waals surface area (Å²) in [5, 5.41) is 1.03. The smallest absolute Gasteiger partial charge is 0.161 e. The summed E-state index contributed by atoms with van der Waals surface area (Å²) in [6.07, 6.45) is 3.51. The highest BCUT2D eigenvalue weighted by Crippen LogP contribution is 2.19. The molecule has 2 N–H and O–H groups in total. The predicted molar refractivity (Wildman–Crippen MR) is 71.9 cm³/mol. The number of rotatable bonds is 1. The Bertz CT molecular complexity index is 705. The largest absolute Gasteiger partial charge is 0.384 e. The number of nitrogens with two attached hydrogens (primary N) is 1. The first-order valence-electron chi connectivity index (χ1n) is 5.68. The van der Waals surface area contributed by atoms with Crippen LogP contribution >= 0.6 is 0 Å². The van der Waals surface area contributed by atoms with Gasteiger partial charge in [0.15, 0.2) is 5.82 Å². The number of aryl methyl sites for hydroxylation is 1. The molecule has 2 aromatic heterocycles. The maximum Gasteiger partial charge on any atom is 0.161 e. The monoisotopic (exact) mass is 236 g/mol. The number of pyridine rings is 1. The predicted octanol–water partition coefficient (Wildman–Crippen LogP) is 2.58. The van der Waals surface area contributed by atoms with E-state index in [1.807, 2.05) is 31.3 Å². The molecule has 4 heteroatoms. The number of aromatic nitrogens is 3. The standard InChI is InChI=1S/C14H12N4/c1-9-2-3-10-7-17-14(18-12(10)6-9)11-4-5-13(15)16-8-11/h2-8H,1H3,(H2,15,16). The molecule has 0 fully saturated rings. The van der Waals surface area contributed by atoms with Crippen molar-refractivity contribution in [3.63, 3.8) is 0 Å². The number of hydrogen-bond acceptors (Lipinski definition) is 4. The zero-order chi connectivity index (χ0) is 12.5. The highest BCUT2D eigenvalue weighted by atomic mass is 14.9. The second-order valence-electron chi connectivity index (χ2n) is 4.23. The van der Waals surface area contributed by atoms with E-state index in [1.54, 1.807) is 12.3 Å². The van der Waals surface area contributed by atoms with Crippen LogP contribution in [0.15, 0.2) is 42.7 Å². The Morgan fingerprint density at radius 2 is 1.89 bits per heavy atom. The first-order chi connectivity index (χ1) is 8.72. The molecule has 3 rings (SSSR count). The van der Waals surface area contributed by atoms with Crippen LogP contribution in [0.5, 0.6) is 0 Å². The third-order valence-corrected chi connectivity index (χ3v) is 2.78. The molecule has 2 heterocycles. The lowest BCUT2D eigenvalue weighted by Crippen LogP contribution is -1.93. The first kappa shape index (κ1) is 10.7. The average Bonchev–Trinajstić information content (AvgIpc) is 2.38. The second-order valence-corrected chi connectivity index (χ2v) is 4.23. The summed E-state index contributed by atoms with van der Waals surface area (Å²) >= 11 is 0. The second kappa shape index (κ2) is 4.07. The Morgan fingerprint density at radius 3 is 2.67 bits per heavy atom. The fourth-order valence-corrected chi connectivity index (χ4v) is 1.81. The van der Waals surface area contributed by atoms with Crippen molar-refractivity contribution in [1.29, 1.82) is 0 Å². The SMILES string of the molecule is Cc1ccc2cnc(-c3ccc(N)nc3)nc2c1. The van der Waals surface area contributed by atoms with Gasteiger partial charge in [-0.15, -0.1) is 0 Å². The average molecular weight is 236 g/mol. The molecule has 0 unspecified atom stereocenters. The Labute approximate surface area is 105 Å². The Hall–Kier alpha value is -2.49. The van der Waals surface area contributed by atoms with Gasteiger partial charge in [0.1, 0.15) is 5.82 Å². The van der Waals surface area contributed by atoms with Crippen LogP contribution in [-0.2, 0) is 0 Å². The zero-order valence-electron chi connectivity index (χ0n) is 9.96. The summed E-state index contributed by atoms with van der Waals surface area (Å²) in [5.41, 5.74) is 8.56. The van der Waals surface area contributed by atoms with Crippen molar-refractivity contribution in [3.8, 4) is 11.4 Å². The number of nitrogen functional groups attached to an aromatic ring is 1. The topological polar surface area (TPSA) is 64.7 Å². The van der Waals surface area contributed by atoms with Crippen molar-refractivity contribution < 1.29 is 0 Å². The van der Waals surface area contributed by atoms with E-state index in [-0.39, 0.29) is 0 Å². The van der Waals surface area contributed by atoms with Crippen molar-refractivity contribution in [2.75, 3.05) is 5.73 Å². The van der Waals surface area contributed by atoms with E-state index in [9.17, 15) is 0 Å². The molecule has 3 aromatic rings. The molecule has 4 nitrogen and oxygen atoms in total. The van der Waals surface area contributed by atoms with Gasteiger partial charge in [0.25, 0.3) is 0 Å². The van der Waals surface area contributed by atoms with Gasteiger partial charge in [0, 0.05) is 23.3 Å². The van der Waals surface area contributed by atoms with Gasteiger partial charge >= 0.3 is 0 Å². The Kier molecular flexibility index (Phi) is 2.41. The minimum Gasteiger partial charge on any atom is -0.384 e. The van der Waals surface area contributed by atoms with Crippen LogP contribution in [0, 0.1) is 6.92 Å². The molecule has 0 spiro atoms. The van der Waals surface area contributed by atoms with Gasteiger partial charge < -0.3 is 5.73 Å². The third kappa shape index (κ3) is 1.88. The molecule has 0 amide bonds. The summed E-state index contributed by atoms with van der Waals surface area (Å²) in [7, 11) is 0. The van der Waals surface area contributed by atoms with Crippen molar-refractivity contribution >= 4 is 16.7 Å². The van der Waals surface area contributed by atoms with E-state index in [2.05, 4.69) is 21.0 Å². The summed E-state index contributed by atoms with van der Waals surface area (Å²) < 4.78 is 0. The molecule has 0 atom stereocenters. The highest BCUT2D eigenvalue weighted by Gasteiger charge is 2.03. The molecule has 18 heavy (non-hydrogen) atoms. The van der Waals surface area contributed by atoms with Crippen LogP contribution in [0.25, 0.3) is 22.3 Å². The summed E-state index contributed by atoms with van der Waals surface area (Å²) in [6, 6.07) is 9.75. The maximum absolute atomic E-state index is 5.56. The van der Waals surface area contributed by atoms with Gasteiger partial charge in [-0.3, -0.25) is 0 Å². The maximum atomic E-state index is 5.56. The molecule has 88 valence electrons. The fraction of sp³-hybridized carbons (Fsp3) is 0.0714. The van der Waals surface area contributed by atoms with E-state index in [0.717, 1.165) is 16.5 Å². The van der Waals surface area contributed by atoms with Crippen molar-refractivity contribution in [1.82, 2.24) is 15.0 Å². The van der Waals surface area contributed by atoms with Crippen LogP contribution in [0.2, 0.25) is 0 Å². The molecule has 1 aromatic carbocycles. The van der Waals surface area contributed by atoms with Gasteiger partial charge in [-0.1, -0.05) is 12.1 Å². The van der Waals surface area contributed by atoms with Crippen LogP contribution in [0.4, 0.5) is 5.82 Å². The van der Waals surface area contributed by atoms with Crippen molar-refractivity contribution in [2.45, 2.75) is 6.92 Å². The van der Waals surface area contributed by atoms with Crippen LogP contribution in [0.3, 0.4) is 0 Å². The lowest BCUT2D eigenvalue weighted by molar-refractivity contribution is 1.21. The highest BCUT2D eigenvalue weighted by molar-refractivity contribution is 5.80. The van der Waals surface area contributed by atoms with E-state index >= 15 is 0 Å². The van der Waals surface area contributed by atoms with Crippen LogP contribution < -0.4 is 5.73 Å². The lowest BCUT2D eigenvalue weighted by atomic mass is 10.1. The fourth-order valence-electron chi connectivity index (χ4n) is 1.81. The molecule has 0 saturated carbocycles. The normalized spacial score (nSPS) is 10.7. The lowest BCUT2D eigenvalue weighted by Gasteiger charge is -2.03. The van der Waals surface area contributed by atoms with Gasteiger partial charge in [0.05, 0.1) is 5.52 Å². The molecular formula is C14H12N4. The quantitative estimate of drug-likeness (QED) is 0.705. The van der Waals surface area contributed by atoms with Gasteiger partial charge in [0.2, 0.25) is 0 Å². The number of anilines is 1. The molecule has 0 bridgehead atoms. The Morgan fingerprint density at radius 1 is 1.00 bits per heavy atom. The van der Waals surface area contributed by atoms with E-state index in [0.29, 0.717) is 11.6 Å². The Balaban J connectivity index is 2.15. The first-order valence-corrected chi connectivity index (χ1v) is 5.68. The number of fused-ring (bicyclic) bond motifs is 1. The summed E-state index contributed by atoms with van der Waals surface area (Å²) in [6.45, 7) is 2.05. The summed E-state index contributed by atoms with van der Waals surface area (Å²) in [4.78, 5) is 12.9. The minimum absolute atomic E-state index is 0.496. The molecule has 0 aliphatic rings. The number of hydrogen-bond donors (Lipinski definition) is 1. The van der Waals surface area contributed by atoms with E-state index in [4.69, 9.17) is 5.73 Å². The number of nitrogens with zero attached hydrogens (tertiary/aromatic N) is 3. The van der Waals surface area contributed by atoms with Gasteiger partial charge in [-0.2, -0.15) is 0 Å². The van der Waals surface area contributed by atoms with E-state index < -0.39 is 0 Å². The molecular weight excluding hydrogens is 224 g/mol. The third-order valence-electron chi connectivity index (χ3n) is 2.78. The van der Waals surface area contributed by atoms with Crippen molar-refractivity contribution in [2.24, 2.45) is 0 Å².